The molecular formula is C19H23NO3. The van der Waals surface area contributed by atoms with Gasteiger partial charge in [-0.2, -0.15) is 0 Å². The Morgan fingerprint density at radius 1 is 1.13 bits per heavy atom. The standard InChI is InChI=1S/C19H23NO3/c1-4-23-18(22)20-13-14-12-16(10-11-17(14)21)19(2,3)15-8-6-5-7-9-15/h5-12,21H,4,13H2,1-3H3,(H,20,22). The maximum absolute atomic E-state index is 11.4. The van der Waals surface area contributed by atoms with Crippen LogP contribution in [0.15, 0.2) is 48.5 Å². The van der Waals surface area contributed by atoms with Gasteiger partial charge in [0.05, 0.1) is 6.61 Å². The van der Waals surface area contributed by atoms with Crippen LogP contribution >= 0.6 is 0 Å². The van der Waals surface area contributed by atoms with E-state index in [2.05, 4.69) is 31.3 Å². The van der Waals surface area contributed by atoms with Gasteiger partial charge in [0.25, 0.3) is 0 Å². The third kappa shape index (κ3) is 4.03. The first-order valence-electron chi connectivity index (χ1n) is 7.73. The Bertz CT molecular complexity index is 666. The van der Waals surface area contributed by atoms with E-state index in [1.807, 2.05) is 30.3 Å². The lowest BCUT2D eigenvalue weighted by atomic mass is 9.77. The number of hydrogen-bond donors (Lipinski definition) is 2. The summed E-state index contributed by atoms with van der Waals surface area (Å²) in [7, 11) is 0. The van der Waals surface area contributed by atoms with Crippen molar-refractivity contribution in [3.8, 4) is 5.75 Å². The smallest absolute Gasteiger partial charge is 0.407 e. The summed E-state index contributed by atoms with van der Waals surface area (Å²) < 4.78 is 4.84. The first-order chi connectivity index (χ1) is 10.9. The molecule has 23 heavy (non-hydrogen) atoms. The molecule has 0 unspecified atom stereocenters. The fourth-order valence-electron chi connectivity index (χ4n) is 2.49. The van der Waals surface area contributed by atoms with E-state index in [9.17, 15) is 9.90 Å². The van der Waals surface area contributed by atoms with E-state index in [0.717, 1.165) is 5.56 Å². The SMILES string of the molecule is CCOC(=O)NCc1cc(C(C)(C)c2ccccc2)ccc1O. The fourth-order valence-corrected chi connectivity index (χ4v) is 2.49. The molecule has 4 nitrogen and oxygen atoms in total. The number of carbonyl (C=O) groups excluding carboxylic acids is 1. The molecule has 0 aliphatic rings. The number of carbonyl (C=O) groups is 1. The number of alkyl carbamates (subject to hydrolysis) is 1. The van der Waals surface area contributed by atoms with Crippen LogP contribution in [0.4, 0.5) is 4.79 Å². The highest BCUT2D eigenvalue weighted by atomic mass is 16.5. The van der Waals surface area contributed by atoms with Crippen LogP contribution in [0.1, 0.15) is 37.5 Å². The zero-order valence-electron chi connectivity index (χ0n) is 13.8. The summed E-state index contributed by atoms with van der Waals surface area (Å²) in [5, 5.41) is 12.7. The first kappa shape index (κ1) is 16.9. The molecule has 0 aliphatic carbocycles. The Morgan fingerprint density at radius 3 is 2.48 bits per heavy atom. The van der Waals surface area contributed by atoms with Crippen LogP contribution < -0.4 is 5.32 Å². The highest BCUT2D eigenvalue weighted by molar-refractivity contribution is 5.67. The number of hydrogen-bond acceptors (Lipinski definition) is 3. The molecule has 0 saturated heterocycles. The molecule has 2 aromatic carbocycles. The molecule has 2 aromatic rings. The van der Waals surface area contributed by atoms with Crippen LogP contribution in [-0.2, 0) is 16.7 Å². The molecule has 1 amide bonds. The molecule has 0 aromatic heterocycles. The number of aromatic hydroxyl groups is 1. The van der Waals surface area contributed by atoms with E-state index < -0.39 is 6.09 Å². The van der Waals surface area contributed by atoms with Gasteiger partial charge in [0, 0.05) is 17.5 Å². The first-order valence-corrected chi connectivity index (χ1v) is 7.73. The molecule has 0 fully saturated rings. The van der Waals surface area contributed by atoms with Gasteiger partial charge in [-0.3, -0.25) is 0 Å². The van der Waals surface area contributed by atoms with E-state index in [4.69, 9.17) is 4.74 Å². The van der Waals surface area contributed by atoms with Gasteiger partial charge in [0.1, 0.15) is 5.75 Å². The summed E-state index contributed by atoms with van der Waals surface area (Å²) in [6, 6.07) is 15.7. The Balaban J connectivity index is 2.24. The zero-order chi connectivity index (χ0) is 16.9. The summed E-state index contributed by atoms with van der Waals surface area (Å²) >= 11 is 0. The average Bonchev–Trinajstić information content (AvgIpc) is 2.55. The number of phenolic OH excluding ortho intramolecular Hbond substituents is 1. The van der Waals surface area contributed by atoms with Crippen molar-refractivity contribution in [2.75, 3.05) is 6.61 Å². The molecule has 0 heterocycles. The Hall–Kier alpha value is -2.49. The fraction of sp³-hybridized carbons (Fsp3) is 0.316. The summed E-state index contributed by atoms with van der Waals surface area (Å²) in [5.41, 5.74) is 2.73. The molecule has 122 valence electrons. The van der Waals surface area contributed by atoms with Crippen molar-refractivity contribution in [3.63, 3.8) is 0 Å². The van der Waals surface area contributed by atoms with E-state index >= 15 is 0 Å². The van der Waals surface area contributed by atoms with Crippen LogP contribution in [0, 0.1) is 0 Å². The minimum absolute atomic E-state index is 0.161. The third-order valence-corrected chi connectivity index (χ3v) is 4.00. The second kappa shape index (κ2) is 7.18. The van der Waals surface area contributed by atoms with Crippen LogP contribution in [0.2, 0.25) is 0 Å². The molecule has 0 spiro atoms. The van der Waals surface area contributed by atoms with Gasteiger partial charge in [-0.05, 0) is 30.2 Å². The zero-order valence-corrected chi connectivity index (χ0v) is 13.8. The van der Waals surface area contributed by atoms with Gasteiger partial charge in [-0.1, -0.05) is 50.2 Å². The molecule has 0 bridgehead atoms. The van der Waals surface area contributed by atoms with Crippen molar-refractivity contribution in [2.24, 2.45) is 0 Å². The van der Waals surface area contributed by atoms with Crippen LogP contribution in [0.25, 0.3) is 0 Å². The number of nitrogens with one attached hydrogen (secondary N) is 1. The molecule has 2 rings (SSSR count). The average molecular weight is 313 g/mol. The van der Waals surface area contributed by atoms with E-state index in [-0.39, 0.29) is 17.7 Å². The lowest BCUT2D eigenvalue weighted by Crippen LogP contribution is -2.24. The summed E-state index contributed by atoms with van der Waals surface area (Å²) in [6.45, 7) is 6.57. The molecule has 0 atom stereocenters. The Kier molecular flexibility index (Phi) is 5.27. The molecule has 4 heteroatoms. The maximum Gasteiger partial charge on any atom is 0.407 e. The minimum atomic E-state index is -0.486. The van der Waals surface area contributed by atoms with Crippen LogP contribution in [0.3, 0.4) is 0 Å². The van der Waals surface area contributed by atoms with Gasteiger partial charge in [0.2, 0.25) is 0 Å². The van der Waals surface area contributed by atoms with Crippen molar-refractivity contribution in [1.82, 2.24) is 5.32 Å². The quantitative estimate of drug-likeness (QED) is 0.878. The minimum Gasteiger partial charge on any atom is -0.508 e. The van der Waals surface area contributed by atoms with Crippen LogP contribution in [-0.4, -0.2) is 17.8 Å². The molecule has 2 N–H and O–H groups in total. The topological polar surface area (TPSA) is 58.6 Å². The van der Waals surface area contributed by atoms with Crippen molar-refractivity contribution >= 4 is 6.09 Å². The Labute approximate surface area is 137 Å². The van der Waals surface area contributed by atoms with Crippen molar-refractivity contribution in [3.05, 3.63) is 65.2 Å². The highest BCUT2D eigenvalue weighted by Crippen LogP contribution is 2.33. The van der Waals surface area contributed by atoms with Crippen molar-refractivity contribution < 1.29 is 14.6 Å². The second-order valence-corrected chi connectivity index (χ2v) is 5.91. The van der Waals surface area contributed by atoms with Crippen LogP contribution in [0.5, 0.6) is 5.75 Å². The van der Waals surface area contributed by atoms with Gasteiger partial charge < -0.3 is 15.2 Å². The summed E-state index contributed by atoms with van der Waals surface area (Å²) in [6.07, 6.45) is -0.486. The van der Waals surface area contributed by atoms with Gasteiger partial charge in [-0.25, -0.2) is 4.79 Å². The molecule has 0 saturated carbocycles. The monoisotopic (exact) mass is 313 g/mol. The highest BCUT2D eigenvalue weighted by Gasteiger charge is 2.23. The molecule has 0 radical (unpaired) electrons. The number of ether oxygens (including phenoxy) is 1. The van der Waals surface area contributed by atoms with Gasteiger partial charge >= 0.3 is 6.09 Å². The van der Waals surface area contributed by atoms with E-state index in [1.165, 1.54) is 5.56 Å². The number of phenols is 1. The Morgan fingerprint density at radius 2 is 1.83 bits per heavy atom. The van der Waals surface area contributed by atoms with Crippen molar-refractivity contribution in [2.45, 2.75) is 32.7 Å². The lowest BCUT2D eigenvalue weighted by Gasteiger charge is -2.27. The number of rotatable bonds is 5. The molecule has 0 aliphatic heterocycles. The van der Waals surface area contributed by atoms with Crippen molar-refractivity contribution in [1.29, 1.82) is 0 Å². The van der Waals surface area contributed by atoms with E-state index in [1.54, 1.807) is 13.0 Å². The number of benzene rings is 2. The largest absolute Gasteiger partial charge is 0.508 e. The summed E-state index contributed by atoms with van der Waals surface area (Å²) in [4.78, 5) is 11.4. The van der Waals surface area contributed by atoms with E-state index in [0.29, 0.717) is 12.2 Å². The maximum atomic E-state index is 11.4. The van der Waals surface area contributed by atoms with Gasteiger partial charge in [0.15, 0.2) is 0 Å². The second-order valence-electron chi connectivity index (χ2n) is 5.91. The van der Waals surface area contributed by atoms with Gasteiger partial charge in [-0.15, -0.1) is 0 Å². The lowest BCUT2D eigenvalue weighted by molar-refractivity contribution is 0.151. The number of amides is 1. The summed E-state index contributed by atoms with van der Waals surface area (Å²) in [5.74, 6) is 0.161. The normalized spacial score (nSPS) is 11.1. The predicted octanol–water partition coefficient (Wildman–Crippen LogP) is 3.96. The third-order valence-electron chi connectivity index (χ3n) is 4.00. The predicted molar refractivity (Wildman–Crippen MR) is 90.5 cm³/mol. The molecular weight excluding hydrogens is 290 g/mol.